The molecule has 2 aromatic rings. The maximum absolute atomic E-state index is 12.4. The van der Waals surface area contributed by atoms with Gasteiger partial charge in [-0.15, -0.1) is 13.2 Å². The van der Waals surface area contributed by atoms with Crippen LogP contribution in [0.15, 0.2) is 48.5 Å². The van der Waals surface area contributed by atoms with Crippen LogP contribution in [0.3, 0.4) is 0 Å². The second-order valence-electron chi connectivity index (χ2n) is 4.78. The van der Waals surface area contributed by atoms with Gasteiger partial charge in [-0.25, -0.2) is 0 Å². The van der Waals surface area contributed by atoms with Gasteiger partial charge < -0.3 is 15.8 Å². The van der Waals surface area contributed by atoms with E-state index in [1.54, 1.807) is 0 Å². The predicted molar refractivity (Wildman–Crippen MR) is 79.3 cm³/mol. The molecule has 0 aliphatic rings. The molecule has 24 heavy (non-hydrogen) atoms. The summed E-state index contributed by atoms with van der Waals surface area (Å²) in [5.41, 5.74) is 5.62. The van der Waals surface area contributed by atoms with Crippen LogP contribution in [0.5, 0.6) is 5.75 Å². The Hall–Kier alpha value is -3.03. The zero-order valence-corrected chi connectivity index (χ0v) is 12.3. The molecule has 0 saturated carbocycles. The van der Waals surface area contributed by atoms with Crippen LogP contribution >= 0.6 is 0 Å². The Balaban J connectivity index is 2.10. The van der Waals surface area contributed by atoms with Crippen LogP contribution in [-0.4, -0.2) is 18.2 Å². The minimum atomic E-state index is -4.82. The van der Waals surface area contributed by atoms with Crippen LogP contribution in [0.1, 0.15) is 26.3 Å². The quantitative estimate of drug-likeness (QED) is 0.879. The standard InChI is InChI=1S/C16H13F3N2O3/c17-16(18,19)24-13-7-2-1-4-12(13)9-21-15(23)11-6-3-5-10(8-11)14(20)22/h1-8H,9H2,(H2,20,22)(H,21,23). The molecule has 5 nitrogen and oxygen atoms in total. The molecule has 0 aliphatic heterocycles. The second kappa shape index (κ2) is 7.03. The van der Waals surface area contributed by atoms with E-state index in [1.807, 2.05) is 0 Å². The Kier molecular flexibility index (Phi) is 5.08. The number of alkyl halides is 3. The van der Waals surface area contributed by atoms with Gasteiger partial charge in [0.2, 0.25) is 5.91 Å². The first-order valence-electron chi connectivity index (χ1n) is 6.78. The lowest BCUT2D eigenvalue weighted by molar-refractivity contribution is -0.274. The maximum atomic E-state index is 12.4. The summed E-state index contributed by atoms with van der Waals surface area (Å²) in [5, 5.41) is 2.47. The largest absolute Gasteiger partial charge is 0.573 e. The first-order chi connectivity index (χ1) is 11.3. The Bertz CT molecular complexity index is 760. The van der Waals surface area contributed by atoms with E-state index < -0.39 is 23.9 Å². The fourth-order valence-electron chi connectivity index (χ4n) is 1.97. The number of halogens is 3. The van der Waals surface area contributed by atoms with Gasteiger partial charge >= 0.3 is 6.36 Å². The molecule has 3 N–H and O–H groups in total. The average molecular weight is 338 g/mol. The number of carbonyl (C=O) groups is 2. The fourth-order valence-corrected chi connectivity index (χ4v) is 1.97. The molecule has 126 valence electrons. The van der Waals surface area contributed by atoms with Crippen molar-refractivity contribution < 1.29 is 27.5 Å². The molecule has 0 bridgehead atoms. The molecule has 0 radical (unpaired) electrons. The Morgan fingerprint density at radius 1 is 1.04 bits per heavy atom. The Labute approximate surface area is 135 Å². The van der Waals surface area contributed by atoms with Gasteiger partial charge in [0.15, 0.2) is 0 Å². The fraction of sp³-hybridized carbons (Fsp3) is 0.125. The van der Waals surface area contributed by atoms with Crippen molar-refractivity contribution in [1.82, 2.24) is 5.32 Å². The topological polar surface area (TPSA) is 81.4 Å². The molecule has 0 aliphatic carbocycles. The summed E-state index contributed by atoms with van der Waals surface area (Å²) in [4.78, 5) is 23.2. The third-order valence-electron chi connectivity index (χ3n) is 3.05. The Morgan fingerprint density at radius 2 is 1.71 bits per heavy atom. The van der Waals surface area contributed by atoms with E-state index in [0.29, 0.717) is 0 Å². The second-order valence-corrected chi connectivity index (χ2v) is 4.78. The van der Waals surface area contributed by atoms with E-state index in [0.717, 1.165) is 6.07 Å². The first kappa shape index (κ1) is 17.3. The number of carbonyl (C=O) groups excluding carboxylic acids is 2. The minimum Gasteiger partial charge on any atom is -0.405 e. The molecule has 8 heteroatoms. The third-order valence-corrected chi connectivity index (χ3v) is 3.05. The lowest BCUT2D eigenvalue weighted by atomic mass is 10.1. The summed E-state index contributed by atoms with van der Waals surface area (Å²) in [6, 6.07) is 11.2. The molecule has 2 aromatic carbocycles. The summed E-state index contributed by atoms with van der Waals surface area (Å²) >= 11 is 0. The van der Waals surface area contributed by atoms with Gasteiger partial charge in [0, 0.05) is 23.2 Å². The monoisotopic (exact) mass is 338 g/mol. The molecule has 0 unspecified atom stereocenters. The third kappa shape index (κ3) is 4.73. The van der Waals surface area contributed by atoms with Gasteiger partial charge in [-0.2, -0.15) is 0 Å². The molecule has 0 atom stereocenters. The highest BCUT2D eigenvalue weighted by atomic mass is 19.4. The molecular weight excluding hydrogens is 325 g/mol. The summed E-state index contributed by atoms with van der Waals surface area (Å²) < 4.78 is 41.0. The molecule has 0 heterocycles. The molecular formula is C16H13F3N2O3. The number of primary amides is 1. The highest BCUT2D eigenvalue weighted by Crippen LogP contribution is 2.26. The molecule has 2 amide bonds. The van der Waals surface area contributed by atoms with E-state index in [4.69, 9.17) is 5.73 Å². The summed E-state index contributed by atoms with van der Waals surface area (Å²) in [5.74, 6) is -1.63. The first-order valence-corrected chi connectivity index (χ1v) is 6.78. The van der Waals surface area contributed by atoms with E-state index in [9.17, 15) is 22.8 Å². The van der Waals surface area contributed by atoms with Crippen LogP contribution < -0.4 is 15.8 Å². The van der Waals surface area contributed by atoms with Crippen molar-refractivity contribution in [1.29, 1.82) is 0 Å². The normalized spacial score (nSPS) is 11.0. The highest BCUT2D eigenvalue weighted by Gasteiger charge is 2.31. The molecule has 0 aromatic heterocycles. The molecule has 2 rings (SSSR count). The smallest absolute Gasteiger partial charge is 0.405 e. The van der Waals surface area contributed by atoms with Gasteiger partial charge in [0.05, 0.1) is 0 Å². The number of ether oxygens (including phenoxy) is 1. The number of hydrogen-bond acceptors (Lipinski definition) is 3. The van der Waals surface area contributed by atoms with Crippen LogP contribution in [0.25, 0.3) is 0 Å². The average Bonchev–Trinajstić information content (AvgIpc) is 2.52. The van der Waals surface area contributed by atoms with E-state index >= 15 is 0 Å². The maximum Gasteiger partial charge on any atom is 0.573 e. The SMILES string of the molecule is NC(=O)c1cccc(C(=O)NCc2ccccc2OC(F)(F)F)c1. The molecule has 0 saturated heterocycles. The highest BCUT2D eigenvalue weighted by molar-refractivity contribution is 5.99. The number of para-hydroxylation sites is 1. The van der Waals surface area contributed by atoms with Crippen LogP contribution in [0.4, 0.5) is 13.2 Å². The molecule has 0 fully saturated rings. The van der Waals surface area contributed by atoms with Gasteiger partial charge in [0.25, 0.3) is 5.91 Å². The van der Waals surface area contributed by atoms with Crippen molar-refractivity contribution in [3.05, 3.63) is 65.2 Å². The predicted octanol–water partition coefficient (Wildman–Crippen LogP) is 2.61. The van der Waals surface area contributed by atoms with Crippen molar-refractivity contribution in [2.75, 3.05) is 0 Å². The van der Waals surface area contributed by atoms with Crippen molar-refractivity contribution >= 4 is 11.8 Å². The van der Waals surface area contributed by atoms with E-state index in [-0.39, 0.29) is 23.2 Å². The summed E-state index contributed by atoms with van der Waals surface area (Å²) in [7, 11) is 0. The van der Waals surface area contributed by atoms with Gasteiger partial charge in [-0.05, 0) is 24.3 Å². The van der Waals surface area contributed by atoms with E-state index in [1.165, 1.54) is 42.5 Å². The van der Waals surface area contributed by atoms with Crippen LogP contribution in [0.2, 0.25) is 0 Å². The van der Waals surface area contributed by atoms with E-state index in [2.05, 4.69) is 10.1 Å². The van der Waals surface area contributed by atoms with Crippen molar-refractivity contribution in [2.24, 2.45) is 5.73 Å². The Morgan fingerprint density at radius 3 is 2.38 bits per heavy atom. The molecule has 0 spiro atoms. The zero-order valence-electron chi connectivity index (χ0n) is 12.3. The number of benzene rings is 2. The number of hydrogen-bond donors (Lipinski definition) is 2. The van der Waals surface area contributed by atoms with Gasteiger partial charge in [0.1, 0.15) is 5.75 Å². The lowest BCUT2D eigenvalue weighted by Crippen LogP contribution is -2.25. The van der Waals surface area contributed by atoms with Crippen molar-refractivity contribution in [2.45, 2.75) is 12.9 Å². The zero-order chi connectivity index (χ0) is 17.7. The summed E-state index contributed by atoms with van der Waals surface area (Å²) in [6.07, 6.45) is -4.82. The number of amides is 2. The van der Waals surface area contributed by atoms with Crippen LogP contribution in [0, 0.1) is 0 Å². The lowest BCUT2D eigenvalue weighted by Gasteiger charge is -2.13. The van der Waals surface area contributed by atoms with Gasteiger partial charge in [-0.1, -0.05) is 24.3 Å². The number of rotatable bonds is 5. The van der Waals surface area contributed by atoms with Crippen LogP contribution in [-0.2, 0) is 6.54 Å². The number of nitrogens with one attached hydrogen (secondary N) is 1. The number of nitrogens with two attached hydrogens (primary N) is 1. The van der Waals surface area contributed by atoms with Crippen molar-refractivity contribution in [3.63, 3.8) is 0 Å². The van der Waals surface area contributed by atoms with Crippen molar-refractivity contribution in [3.8, 4) is 5.75 Å². The van der Waals surface area contributed by atoms with Gasteiger partial charge in [-0.3, -0.25) is 9.59 Å². The summed E-state index contributed by atoms with van der Waals surface area (Å²) in [6.45, 7) is -0.175. The minimum absolute atomic E-state index is 0.156.